The number of nitriles is 1. The van der Waals surface area contributed by atoms with Crippen LogP contribution in [0, 0.1) is 23.2 Å². The van der Waals surface area contributed by atoms with Crippen molar-refractivity contribution in [1.29, 1.82) is 5.26 Å². The van der Waals surface area contributed by atoms with Gasteiger partial charge in [-0.15, -0.1) is 0 Å². The molecule has 0 aliphatic heterocycles. The highest BCUT2D eigenvalue weighted by Gasteiger charge is 2.31. The van der Waals surface area contributed by atoms with E-state index in [1.165, 1.54) is 6.42 Å². The van der Waals surface area contributed by atoms with Crippen LogP contribution >= 0.6 is 0 Å². The lowest BCUT2D eigenvalue weighted by Crippen LogP contribution is -2.41. The summed E-state index contributed by atoms with van der Waals surface area (Å²) in [6, 6.07) is 8.85. The summed E-state index contributed by atoms with van der Waals surface area (Å²) in [6.45, 7) is 3.12. The zero-order valence-corrected chi connectivity index (χ0v) is 11.2. The second kappa shape index (κ2) is 5.97. The van der Waals surface area contributed by atoms with E-state index in [-0.39, 0.29) is 5.92 Å². The van der Waals surface area contributed by atoms with Gasteiger partial charge in [0.2, 0.25) is 0 Å². The molecule has 0 aromatic carbocycles. The maximum absolute atomic E-state index is 9.27. The van der Waals surface area contributed by atoms with Crippen molar-refractivity contribution in [3.63, 3.8) is 0 Å². The molecule has 1 saturated carbocycles. The predicted molar refractivity (Wildman–Crippen MR) is 71.6 cm³/mol. The van der Waals surface area contributed by atoms with Crippen molar-refractivity contribution in [2.75, 3.05) is 7.05 Å². The molecule has 1 aliphatic rings. The minimum absolute atomic E-state index is 0.176. The third kappa shape index (κ3) is 3.08. The van der Waals surface area contributed by atoms with Crippen molar-refractivity contribution in [1.82, 2.24) is 9.88 Å². The van der Waals surface area contributed by atoms with Gasteiger partial charge < -0.3 is 0 Å². The number of rotatable bonds is 3. The van der Waals surface area contributed by atoms with Gasteiger partial charge in [0.1, 0.15) is 0 Å². The van der Waals surface area contributed by atoms with E-state index in [4.69, 9.17) is 0 Å². The molecule has 0 N–H and O–H groups in total. The summed E-state index contributed by atoms with van der Waals surface area (Å²) in [7, 11) is 2.11. The quantitative estimate of drug-likeness (QED) is 0.819. The normalized spacial score (nSPS) is 28.0. The minimum Gasteiger partial charge on any atom is -0.296 e. The van der Waals surface area contributed by atoms with Crippen LogP contribution in [0.3, 0.4) is 0 Å². The van der Waals surface area contributed by atoms with Crippen LogP contribution < -0.4 is 0 Å². The van der Waals surface area contributed by atoms with Crippen LogP contribution in [0.5, 0.6) is 0 Å². The summed E-state index contributed by atoms with van der Waals surface area (Å²) in [5.74, 6) is 0.903. The van der Waals surface area contributed by atoms with Crippen LogP contribution in [0.25, 0.3) is 0 Å². The minimum atomic E-state index is 0.176. The fourth-order valence-corrected chi connectivity index (χ4v) is 2.85. The van der Waals surface area contributed by atoms with E-state index in [9.17, 15) is 5.26 Å². The van der Waals surface area contributed by atoms with E-state index < -0.39 is 0 Å². The molecule has 3 heteroatoms. The molecule has 1 aliphatic carbocycles. The summed E-state index contributed by atoms with van der Waals surface area (Å²) >= 11 is 0. The average molecular weight is 243 g/mol. The summed E-state index contributed by atoms with van der Waals surface area (Å²) in [6.07, 6.45) is 5.18. The first kappa shape index (κ1) is 13.0. The van der Waals surface area contributed by atoms with Crippen LogP contribution in [-0.2, 0) is 6.54 Å². The average Bonchev–Trinajstić information content (AvgIpc) is 2.40. The second-order valence-corrected chi connectivity index (χ2v) is 5.46. The van der Waals surface area contributed by atoms with E-state index in [1.54, 1.807) is 0 Å². The Balaban J connectivity index is 2.02. The van der Waals surface area contributed by atoms with Gasteiger partial charge in [-0.1, -0.05) is 13.0 Å². The summed E-state index contributed by atoms with van der Waals surface area (Å²) in [4.78, 5) is 6.66. The molecule has 3 atom stereocenters. The van der Waals surface area contributed by atoms with Crippen LogP contribution in [0.2, 0.25) is 0 Å². The molecule has 18 heavy (non-hydrogen) atoms. The van der Waals surface area contributed by atoms with Crippen molar-refractivity contribution in [2.24, 2.45) is 11.8 Å². The fourth-order valence-electron chi connectivity index (χ4n) is 2.85. The fraction of sp³-hybridized carbons (Fsp3) is 0.600. The van der Waals surface area contributed by atoms with E-state index in [0.29, 0.717) is 6.04 Å². The van der Waals surface area contributed by atoms with Crippen molar-refractivity contribution in [3.8, 4) is 6.07 Å². The molecule has 1 aromatic heterocycles. The smallest absolute Gasteiger partial charge is 0.0672 e. The lowest BCUT2D eigenvalue weighted by atomic mass is 9.79. The molecule has 96 valence electrons. The van der Waals surface area contributed by atoms with Gasteiger partial charge in [-0.3, -0.25) is 9.88 Å². The Morgan fingerprint density at radius 1 is 1.44 bits per heavy atom. The molecule has 1 aromatic rings. The number of hydrogen-bond acceptors (Lipinski definition) is 3. The lowest BCUT2D eigenvalue weighted by molar-refractivity contribution is 0.124. The molecule has 0 bridgehead atoms. The topological polar surface area (TPSA) is 39.9 Å². The molecule has 1 heterocycles. The second-order valence-electron chi connectivity index (χ2n) is 5.46. The van der Waals surface area contributed by atoms with Crippen molar-refractivity contribution in [3.05, 3.63) is 30.1 Å². The molecule has 0 radical (unpaired) electrons. The first-order chi connectivity index (χ1) is 8.70. The molecule has 0 saturated heterocycles. The first-order valence-corrected chi connectivity index (χ1v) is 6.70. The maximum Gasteiger partial charge on any atom is 0.0672 e. The Hall–Kier alpha value is -1.40. The standard InChI is InChI=1S/C15H21N3/c1-12-6-7-13(10-16)15(9-12)18(2)11-14-5-3-4-8-17-14/h3-5,8,12-13,15H,6-7,9,11H2,1-2H3. The highest BCUT2D eigenvalue weighted by molar-refractivity contribution is 5.04. The summed E-state index contributed by atoms with van der Waals surface area (Å²) in [5, 5.41) is 9.27. The number of nitrogens with zero attached hydrogens (tertiary/aromatic N) is 3. The van der Waals surface area contributed by atoms with Crippen LogP contribution in [0.1, 0.15) is 31.9 Å². The van der Waals surface area contributed by atoms with Gasteiger partial charge in [0, 0.05) is 18.8 Å². The Morgan fingerprint density at radius 2 is 2.28 bits per heavy atom. The van der Waals surface area contributed by atoms with Gasteiger partial charge in [0.25, 0.3) is 0 Å². The van der Waals surface area contributed by atoms with Crippen LogP contribution in [0.4, 0.5) is 0 Å². The van der Waals surface area contributed by atoms with Gasteiger partial charge in [-0.25, -0.2) is 0 Å². The Labute approximate surface area is 109 Å². The number of aromatic nitrogens is 1. The first-order valence-electron chi connectivity index (χ1n) is 6.70. The monoisotopic (exact) mass is 243 g/mol. The third-order valence-electron chi connectivity index (χ3n) is 3.95. The molecule has 3 unspecified atom stereocenters. The zero-order valence-electron chi connectivity index (χ0n) is 11.2. The van der Waals surface area contributed by atoms with Crippen molar-refractivity contribution in [2.45, 2.75) is 38.8 Å². The summed E-state index contributed by atoms with van der Waals surface area (Å²) in [5.41, 5.74) is 1.08. The lowest BCUT2D eigenvalue weighted by Gasteiger charge is -2.37. The largest absolute Gasteiger partial charge is 0.296 e. The molecule has 0 amide bonds. The Kier molecular flexibility index (Phi) is 4.33. The van der Waals surface area contributed by atoms with E-state index >= 15 is 0 Å². The van der Waals surface area contributed by atoms with E-state index in [0.717, 1.165) is 31.0 Å². The van der Waals surface area contributed by atoms with Crippen LogP contribution in [0.15, 0.2) is 24.4 Å². The van der Waals surface area contributed by atoms with Gasteiger partial charge in [0.05, 0.1) is 17.7 Å². The van der Waals surface area contributed by atoms with Gasteiger partial charge in [-0.2, -0.15) is 5.26 Å². The van der Waals surface area contributed by atoms with Gasteiger partial charge >= 0.3 is 0 Å². The number of pyridine rings is 1. The molecule has 2 rings (SSSR count). The SMILES string of the molecule is CC1CCC(C#N)C(N(C)Cc2ccccn2)C1. The Morgan fingerprint density at radius 3 is 2.94 bits per heavy atom. The summed E-state index contributed by atoms with van der Waals surface area (Å²) < 4.78 is 0. The molecule has 0 spiro atoms. The zero-order chi connectivity index (χ0) is 13.0. The third-order valence-corrected chi connectivity index (χ3v) is 3.95. The molecule has 3 nitrogen and oxygen atoms in total. The molecular weight excluding hydrogens is 222 g/mol. The predicted octanol–water partition coefficient (Wildman–Crippen LogP) is 2.84. The van der Waals surface area contributed by atoms with E-state index in [2.05, 4.69) is 29.9 Å². The van der Waals surface area contributed by atoms with Crippen molar-refractivity contribution >= 4 is 0 Å². The van der Waals surface area contributed by atoms with Gasteiger partial charge in [-0.05, 0) is 44.4 Å². The van der Waals surface area contributed by atoms with Crippen LogP contribution in [-0.4, -0.2) is 23.0 Å². The van der Waals surface area contributed by atoms with Crippen molar-refractivity contribution < 1.29 is 0 Å². The van der Waals surface area contributed by atoms with Gasteiger partial charge in [0.15, 0.2) is 0 Å². The highest BCUT2D eigenvalue weighted by Crippen LogP contribution is 2.31. The maximum atomic E-state index is 9.27. The number of hydrogen-bond donors (Lipinski definition) is 0. The molecular formula is C15H21N3. The highest BCUT2D eigenvalue weighted by atomic mass is 15.1. The molecule has 1 fully saturated rings. The Bertz CT molecular complexity index is 409. The van der Waals surface area contributed by atoms with E-state index in [1.807, 2.05) is 24.4 Å².